The number of allylic oxidation sites excluding steroid dienone is 4. The van der Waals surface area contributed by atoms with Gasteiger partial charge in [-0.2, -0.15) is 0 Å². The van der Waals surface area contributed by atoms with Gasteiger partial charge in [-0.05, 0) is 83.1 Å². The molecule has 5 unspecified atom stereocenters. The Morgan fingerprint density at radius 3 is 2.50 bits per heavy atom. The third-order valence-corrected chi connectivity index (χ3v) is 7.94. The smallest absolute Gasteiger partial charge is 0.0825 e. The van der Waals surface area contributed by atoms with Gasteiger partial charge in [-0.15, -0.1) is 0 Å². The monoisotopic (exact) mass is 362 g/mol. The molecule has 3 nitrogen and oxygen atoms in total. The highest BCUT2D eigenvalue weighted by atomic mass is 16.3. The lowest BCUT2D eigenvalue weighted by Crippen LogP contribution is -2.54. The second-order valence-corrected chi connectivity index (χ2v) is 8.71. The molecule has 150 valence electrons. The van der Waals surface area contributed by atoms with Crippen LogP contribution in [0.3, 0.4) is 0 Å². The molecule has 5 N–H and O–H groups in total. The van der Waals surface area contributed by atoms with Crippen LogP contribution in [0.1, 0.15) is 79.1 Å². The fraction of sp³-hybridized carbons (Fsp3) is 0.826. The van der Waals surface area contributed by atoms with E-state index in [1.54, 1.807) is 16.7 Å². The first-order valence-electron chi connectivity index (χ1n) is 10.8. The number of hydrogen-bond donors (Lipinski definition) is 3. The first-order chi connectivity index (χ1) is 12.5. The zero-order chi connectivity index (χ0) is 19.5. The molecule has 3 heteroatoms. The van der Waals surface area contributed by atoms with E-state index in [4.69, 9.17) is 5.73 Å². The summed E-state index contributed by atoms with van der Waals surface area (Å²) in [4.78, 5) is 0. The molecular formula is C23H42N2O. The van der Waals surface area contributed by atoms with Gasteiger partial charge in [-0.25, -0.2) is 0 Å². The van der Waals surface area contributed by atoms with E-state index in [0.717, 1.165) is 24.7 Å². The van der Waals surface area contributed by atoms with Gasteiger partial charge in [0.05, 0.1) is 5.60 Å². The van der Waals surface area contributed by atoms with Crippen molar-refractivity contribution in [3.05, 3.63) is 22.8 Å². The first kappa shape index (κ1) is 21.7. The van der Waals surface area contributed by atoms with Crippen LogP contribution in [0.15, 0.2) is 22.8 Å². The number of nitrogens with two attached hydrogens (primary N) is 2. The number of rotatable bonds is 1. The van der Waals surface area contributed by atoms with Crippen LogP contribution in [-0.2, 0) is 0 Å². The van der Waals surface area contributed by atoms with Gasteiger partial charge in [-0.3, -0.25) is 0 Å². The molecule has 0 amide bonds. The lowest BCUT2D eigenvalue weighted by molar-refractivity contribution is -0.100. The molecule has 4 rings (SSSR count). The van der Waals surface area contributed by atoms with Gasteiger partial charge >= 0.3 is 0 Å². The zero-order valence-electron chi connectivity index (χ0n) is 17.8. The number of aliphatic hydroxyl groups is 1. The van der Waals surface area contributed by atoms with Crippen LogP contribution in [0.5, 0.6) is 0 Å². The van der Waals surface area contributed by atoms with Gasteiger partial charge < -0.3 is 16.6 Å². The lowest BCUT2D eigenvalue weighted by Gasteiger charge is -2.54. The molecule has 0 radical (unpaired) electrons. The average Bonchev–Trinajstić information content (AvgIpc) is 2.96. The third-order valence-electron chi connectivity index (χ3n) is 7.94. The Labute approximate surface area is 161 Å². The van der Waals surface area contributed by atoms with Crippen molar-refractivity contribution < 1.29 is 5.11 Å². The summed E-state index contributed by atoms with van der Waals surface area (Å²) in [6.45, 7) is 9.06. The quantitative estimate of drug-likeness (QED) is 0.599. The molecule has 0 heterocycles. The summed E-state index contributed by atoms with van der Waals surface area (Å²) in [5, 5.41) is 11.1. The minimum Gasteiger partial charge on any atom is -0.388 e. The Morgan fingerprint density at radius 2 is 1.85 bits per heavy atom. The van der Waals surface area contributed by atoms with Gasteiger partial charge in [0.15, 0.2) is 0 Å². The standard InChI is InChI=1S/C20H31NO.C2H6.CH5N/c1-13-3-5-15-14(11-13)4-6-17-16(15)7-9-19(2)18(17)8-10-20(19,22)12-21;2*1-2/h3,16-18,22H,4-12,21H2,1-2H3;1-2H3;2H2,1H3. The van der Waals surface area contributed by atoms with E-state index in [1.807, 2.05) is 13.8 Å². The van der Waals surface area contributed by atoms with Crippen molar-refractivity contribution in [2.45, 2.75) is 84.7 Å². The SMILES string of the molecule is CC.CC1=CCC2=C(CCC3C2CCC2(C)C3CCC2(O)CN)C1.CN. The maximum atomic E-state index is 11.1. The summed E-state index contributed by atoms with van der Waals surface area (Å²) in [5.41, 5.74) is 15.0. The third kappa shape index (κ3) is 3.31. The van der Waals surface area contributed by atoms with Crippen molar-refractivity contribution in [3.8, 4) is 0 Å². The lowest BCUT2D eigenvalue weighted by atomic mass is 9.52. The minimum absolute atomic E-state index is 0.0569. The second-order valence-electron chi connectivity index (χ2n) is 8.71. The van der Waals surface area contributed by atoms with Crippen LogP contribution in [0.2, 0.25) is 0 Å². The highest BCUT2D eigenvalue weighted by molar-refractivity contribution is 5.33. The van der Waals surface area contributed by atoms with E-state index in [9.17, 15) is 5.11 Å². The Bertz CT molecular complexity index is 552. The summed E-state index contributed by atoms with van der Waals surface area (Å²) >= 11 is 0. The van der Waals surface area contributed by atoms with E-state index in [0.29, 0.717) is 12.5 Å². The predicted molar refractivity (Wildman–Crippen MR) is 112 cm³/mol. The summed E-state index contributed by atoms with van der Waals surface area (Å²) < 4.78 is 0. The molecule has 0 aliphatic heterocycles. The number of hydrogen-bond acceptors (Lipinski definition) is 3. The van der Waals surface area contributed by atoms with Crippen LogP contribution in [0.25, 0.3) is 0 Å². The number of fused-ring (bicyclic) bond motifs is 4. The summed E-state index contributed by atoms with van der Waals surface area (Å²) in [5.74, 6) is 2.28. The van der Waals surface area contributed by atoms with E-state index < -0.39 is 5.60 Å². The molecule has 0 aromatic carbocycles. The molecule has 0 bridgehead atoms. The molecule has 5 atom stereocenters. The van der Waals surface area contributed by atoms with Gasteiger partial charge in [0.1, 0.15) is 0 Å². The topological polar surface area (TPSA) is 72.3 Å². The van der Waals surface area contributed by atoms with Crippen molar-refractivity contribution in [2.75, 3.05) is 13.6 Å². The van der Waals surface area contributed by atoms with Gasteiger partial charge in [-0.1, -0.05) is 43.6 Å². The normalized spacial score (nSPS) is 40.8. The Hall–Kier alpha value is -0.640. The van der Waals surface area contributed by atoms with Crippen LogP contribution in [0.4, 0.5) is 0 Å². The molecule has 4 aliphatic carbocycles. The Kier molecular flexibility index (Phi) is 7.15. The van der Waals surface area contributed by atoms with Crippen LogP contribution in [0, 0.1) is 23.2 Å². The molecule has 0 spiro atoms. The predicted octanol–water partition coefficient (Wildman–Crippen LogP) is 4.55. The fourth-order valence-corrected chi connectivity index (χ4v) is 6.52. The average molecular weight is 363 g/mol. The van der Waals surface area contributed by atoms with E-state index in [1.165, 1.54) is 45.6 Å². The van der Waals surface area contributed by atoms with E-state index in [2.05, 4.69) is 25.7 Å². The molecule has 0 aromatic heterocycles. The van der Waals surface area contributed by atoms with Crippen LogP contribution >= 0.6 is 0 Å². The largest absolute Gasteiger partial charge is 0.388 e. The van der Waals surface area contributed by atoms with Gasteiger partial charge in [0.25, 0.3) is 0 Å². The van der Waals surface area contributed by atoms with E-state index >= 15 is 0 Å². The molecule has 0 aromatic rings. The van der Waals surface area contributed by atoms with Gasteiger partial charge in [0.2, 0.25) is 0 Å². The minimum atomic E-state index is -0.611. The molecule has 0 saturated heterocycles. The highest BCUT2D eigenvalue weighted by Crippen LogP contribution is 2.64. The molecule has 26 heavy (non-hydrogen) atoms. The van der Waals surface area contributed by atoms with Crippen LogP contribution in [-0.4, -0.2) is 24.3 Å². The maximum Gasteiger partial charge on any atom is 0.0825 e. The van der Waals surface area contributed by atoms with Crippen molar-refractivity contribution in [1.29, 1.82) is 0 Å². The maximum absolute atomic E-state index is 11.1. The Morgan fingerprint density at radius 1 is 1.15 bits per heavy atom. The second kappa shape index (κ2) is 8.58. The van der Waals surface area contributed by atoms with Crippen LogP contribution < -0.4 is 11.5 Å². The summed E-state index contributed by atoms with van der Waals surface area (Å²) in [6, 6.07) is 0. The van der Waals surface area contributed by atoms with Gasteiger partial charge in [0, 0.05) is 12.0 Å². The highest BCUT2D eigenvalue weighted by Gasteiger charge is 2.60. The first-order valence-corrected chi connectivity index (χ1v) is 10.8. The summed E-state index contributed by atoms with van der Waals surface area (Å²) in [6.07, 6.45) is 12.1. The molecule has 2 fully saturated rings. The molecule has 4 aliphatic rings. The van der Waals surface area contributed by atoms with Crippen molar-refractivity contribution in [1.82, 2.24) is 0 Å². The molecular weight excluding hydrogens is 320 g/mol. The zero-order valence-corrected chi connectivity index (χ0v) is 17.8. The van der Waals surface area contributed by atoms with Crippen molar-refractivity contribution in [3.63, 3.8) is 0 Å². The van der Waals surface area contributed by atoms with Crippen molar-refractivity contribution >= 4 is 0 Å². The summed E-state index contributed by atoms with van der Waals surface area (Å²) in [7, 11) is 1.50. The molecule has 2 saturated carbocycles. The van der Waals surface area contributed by atoms with Crippen molar-refractivity contribution in [2.24, 2.45) is 34.6 Å². The Balaban J connectivity index is 0.000000570. The van der Waals surface area contributed by atoms with E-state index in [-0.39, 0.29) is 5.41 Å². The fourth-order valence-electron chi connectivity index (χ4n) is 6.52.